The van der Waals surface area contributed by atoms with E-state index < -0.39 is 0 Å². The number of thioether (sulfide) groups is 1. The van der Waals surface area contributed by atoms with Crippen LogP contribution in [-0.2, 0) is 12.3 Å². The van der Waals surface area contributed by atoms with E-state index in [9.17, 15) is 0 Å². The lowest BCUT2D eigenvalue weighted by molar-refractivity contribution is 0.687. The van der Waals surface area contributed by atoms with E-state index in [0.717, 1.165) is 45.4 Å². The van der Waals surface area contributed by atoms with E-state index in [1.54, 1.807) is 35.5 Å². The third-order valence-electron chi connectivity index (χ3n) is 3.90. The van der Waals surface area contributed by atoms with Crippen LogP contribution < -0.4 is 5.32 Å². The molecule has 4 aromatic rings. The van der Waals surface area contributed by atoms with Gasteiger partial charge in [0, 0.05) is 41.3 Å². The van der Waals surface area contributed by atoms with Crippen molar-refractivity contribution in [3.63, 3.8) is 0 Å². The molecule has 3 heterocycles. The number of hydrogen-bond acceptors (Lipinski definition) is 7. The Bertz CT molecular complexity index is 997. The van der Waals surface area contributed by atoms with Gasteiger partial charge in [0.25, 0.3) is 0 Å². The standard InChI is InChI=1S/C19H18N6S2/c1-2-25-17(14-8-10-20-11-9-14)23-24-19(25)27-13-16-12-26-18(22-16)21-15-6-4-3-5-7-15/h3-12H,2,13H2,1H3,(H,21,22). The SMILES string of the molecule is CCn1c(SCc2csc(Nc3ccccc3)n2)nnc1-c1ccncc1. The molecule has 4 rings (SSSR count). The molecular weight excluding hydrogens is 376 g/mol. The molecule has 1 N–H and O–H groups in total. The first-order valence-electron chi connectivity index (χ1n) is 8.56. The minimum Gasteiger partial charge on any atom is -0.332 e. The lowest BCUT2D eigenvalue weighted by atomic mass is 10.2. The first-order chi connectivity index (χ1) is 13.3. The van der Waals surface area contributed by atoms with Gasteiger partial charge >= 0.3 is 0 Å². The summed E-state index contributed by atoms with van der Waals surface area (Å²) in [7, 11) is 0. The van der Waals surface area contributed by atoms with Crippen molar-refractivity contribution in [1.29, 1.82) is 0 Å². The smallest absolute Gasteiger partial charge is 0.191 e. The Labute approximate surface area is 165 Å². The lowest BCUT2D eigenvalue weighted by Gasteiger charge is -2.06. The van der Waals surface area contributed by atoms with Gasteiger partial charge in [-0.2, -0.15) is 0 Å². The Hall–Kier alpha value is -2.71. The topological polar surface area (TPSA) is 68.5 Å². The second-order valence-corrected chi connectivity index (χ2v) is 7.51. The zero-order valence-electron chi connectivity index (χ0n) is 14.7. The number of rotatable bonds is 7. The summed E-state index contributed by atoms with van der Waals surface area (Å²) in [6.45, 7) is 2.91. The maximum atomic E-state index is 4.66. The van der Waals surface area contributed by atoms with Crippen LogP contribution in [0.15, 0.2) is 65.4 Å². The maximum Gasteiger partial charge on any atom is 0.191 e. The van der Waals surface area contributed by atoms with E-state index in [1.807, 2.05) is 42.5 Å². The van der Waals surface area contributed by atoms with E-state index in [1.165, 1.54) is 0 Å². The lowest BCUT2D eigenvalue weighted by Crippen LogP contribution is -2.00. The summed E-state index contributed by atoms with van der Waals surface area (Å²) in [6.07, 6.45) is 3.54. The van der Waals surface area contributed by atoms with Crippen molar-refractivity contribution in [3.8, 4) is 11.4 Å². The number of anilines is 2. The molecule has 0 amide bonds. The van der Waals surface area contributed by atoms with E-state index in [2.05, 4.69) is 42.4 Å². The third kappa shape index (κ3) is 4.17. The van der Waals surface area contributed by atoms with Gasteiger partial charge in [0.2, 0.25) is 0 Å². The first kappa shape index (κ1) is 17.7. The van der Waals surface area contributed by atoms with Crippen LogP contribution in [0.5, 0.6) is 0 Å². The summed E-state index contributed by atoms with van der Waals surface area (Å²) in [4.78, 5) is 8.73. The monoisotopic (exact) mass is 394 g/mol. The van der Waals surface area contributed by atoms with E-state index in [0.29, 0.717) is 0 Å². The molecule has 1 aromatic carbocycles. The van der Waals surface area contributed by atoms with Crippen molar-refractivity contribution in [3.05, 3.63) is 65.9 Å². The van der Waals surface area contributed by atoms with Crippen LogP contribution in [0, 0.1) is 0 Å². The van der Waals surface area contributed by atoms with Gasteiger partial charge in [-0.05, 0) is 31.2 Å². The fraction of sp³-hybridized carbons (Fsp3) is 0.158. The van der Waals surface area contributed by atoms with Gasteiger partial charge in [-0.1, -0.05) is 30.0 Å². The highest BCUT2D eigenvalue weighted by molar-refractivity contribution is 7.98. The summed E-state index contributed by atoms with van der Waals surface area (Å²) >= 11 is 3.26. The van der Waals surface area contributed by atoms with Gasteiger partial charge < -0.3 is 9.88 Å². The van der Waals surface area contributed by atoms with Crippen LogP contribution in [-0.4, -0.2) is 24.7 Å². The molecular formula is C19H18N6S2. The molecule has 8 heteroatoms. The minimum absolute atomic E-state index is 0.751. The molecule has 0 unspecified atom stereocenters. The number of thiazole rings is 1. The fourth-order valence-electron chi connectivity index (χ4n) is 2.61. The average Bonchev–Trinajstić information content (AvgIpc) is 3.34. The summed E-state index contributed by atoms with van der Waals surface area (Å²) in [5.74, 6) is 1.62. The highest BCUT2D eigenvalue weighted by Crippen LogP contribution is 2.28. The summed E-state index contributed by atoms with van der Waals surface area (Å²) in [5.41, 5.74) is 3.09. The molecule has 27 heavy (non-hydrogen) atoms. The number of hydrogen-bond donors (Lipinski definition) is 1. The molecule has 0 atom stereocenters. The predicted molar refractivity (Wildman–Crippen MR) is 110 cm³/mol. The molecule has 0 bridgehead atoms. The van der Waals surface area contributed by atoms with Crippen LogP contribution in [0.2, 0.25) is 0 Å². The Kier molecular flexibility index (Phi) is 5.45. The third-order valence-corrected chi connectivity index (χ3v) is 5.70. The Morgan fingerprint density at radius 2 is 1.89 bits per heavy atom. The molecule has 0 radical (unpaired) electrons. The van der Waals surface area contributed by atoms with Crippen LogP contribution in [0.4, 0.5) is 10.8 Å². The summed E-state index contributed by atoms with van der Waals surface area (Å²) in [5, 5.41) is 15.9. The zero-order chi connectivity index (χ0) is 18.5. The van der Waals surface area contributed by atoms with Crippen molar-refractivity contribution in [2.24, 2.45) is 0 Å². The molecule has 0 fully saturated rings. The van der Waals surface area contributed by atoms with Crippen LogP contribution in [0.1, 0.15) is 12.6 Å². The fourth-order valence-corrected chi connectivity index (χ4v) is 4.34. The van der Waals surface area contributed by atoms with Gasteiger partial charge in [0.1, 0.15) is 0 Å². The van der Waals surface area contributed by atoms with Crippen molar-refractivity contribution < 1.29 is 0 Å². The molecule has 136 valence electrons. The van der Waals surface area contributed by atoms with Crippen LogP contribution in [0.3, 0.4) is 0 Å². The maximum absolute atomic E-state index is 4.66. The molecule has 0 aliphatic heterocycles. The Balaban J connectivity index is 1.44. The number of pyridine rings is 1. The highest BCUT2D eigenvalue weighted by Gasteiger charge is 2.14. The molecule has 0 saturated heterocycles. The van der Waals surface area contributed by atoms with Crippen LogP contribution in [0.25, 0.3) is 11.4 Å². The van der Waals surface area contributed by atoms with Crippen molar-refractivity contribution in [1.82, 2.24) is 24.7 Å². The number of benzene rings is 1. The van der Waals surface area contributed by atoms with E-state index >= 15 is 0 Å². The number of aromatic nitrogens is 5. The number of nitrogens with one attached hydrogen (secondary N) is 1. The van der Waals surface area contributed by atoms with Crippen molar-refractivity contribution >= 4 is 33.9 Å². The number of nitrogens with zero attached hydrogens (tertiary/aromatic N) is 5. The van der Waals surface area contributed by atoms with Crippen molar-refractivity contribution in [2.75, 3.05) is 5.32 Å². The van der Waals surface area contributed by atoms with E-state index in [-0.39, 0.29) is 0 Å². The summed E-state index contributed by atoms with van der Waals surface area (Å²) in [6, 6.07) is 14.0. The molecule has 6 nitrogen and oxygen atoms in total. The number of para-hydroxylation sites is 1. The second-order valence-electron chi connectivity index (χ2n) is 5.71. The predicted octanol–water partition coefficient (Wildman–Crippen LogP) is 4.85. The minimum atomic E-state index is 0.751. The molecule has 0 aliphatic rings. The molecule has 0 saturated carbocycles. The molecule has 3 aromatic heterocycles. The van der Waals surface area contributed by atoms with Gasteiger partial charge in [-0.3, -0.25) is 4.98 Å². The Morgan fingerprint density at radius 1 is 1.07 bits per heavy atom. The Morgan fingerprint density at radius 3 is 2.67 bits per heavy atom. The van der Waals surface area contributed by atoms with E-state index in [4.69, 9.17) is 0 Å². The largest absolute Gasteiger partial charge is 0.332 e. The zero-order valence-corrected chi connectivity index (χ0v) is 16.4. The summed E-state index contributed by atoms with van der Waals surface area (Å²) < 4.78 is 2.12. The van der Waals surface area contributed by atoms with Crippen molar-refractivity contribution in [2.45, 2.75) is 24.4 Å². The van der Waals surface area contributed by atoms with Gasteiger partial charge in [0.15, 0.2) is 16.1 Å². The van der Waals surface area contributed by atoms with Crippen LogP contribution >= 0.6 is 23.1 Å². The first-order valence-corrected chi connectivity index (χ1v) is 10.4. The normalized spacial score (nSPS) is 10.9. The van der Waals surface area contributed by atoms with Gasteiger partial charge in [-0.15, -0.1) is 21.5 Å². The van der Waals surface area contributed by atoms with Gasteiger partial charge in [-0.25, -0.2) is 4.98 Å². The average molecular weight is 395 g/mol. The highest BCUT2D eigenvalue weighted by atomic mass is 32.2. The second kappa shape index (κ2) is 8.32. The molecule has 0 aliphatic carbocycles. The molecule has 0 spiro atoms. The van der Waals surface area contributed by atoms with Gasteiger partial charge in [0.05, 0.1) is 5.69 Å². The quantitative estimate of drug-likeness (QED) is 0.452.